The molecule has 3 nitrogen and oxygen atoms in total. The van der Waals surface area contributed by atoms with Crippen LogP contribution in [0.1, 0.15) is 33.1 Å². The quantitative estimate of drug-likeness (QED) is 0.794. The summed E-state index contributed by atoms with van der Waals surface area (Å²) in [4.78, 5) is 16.8. The highest BCUT2D eigenvalue weighted by atomic mass is 32.2. The lowest BCUT2D eigenvalue weighted by Gasteiger charge is -2.49. The van der Waals surface area contributed by atoms with Gasteiger partial charge in [0.25, 0.3) is 0 Å². The fraction of sp³-hybridized carbons (Fsp3) is 0.923. The van der Waals surface area contributed by atoms with Crippen LogP contribution in [0.4, 0.5) is 0 Å². The van der Waals surface area contributed by atoms with E-state index in [9.17, 15) is 4.79 Å². The Balaban J connectivity index is 2.16. The molecule has 2 heterocycles. The molecular formula is C13H24N2OS2. The molecule has 5 heteroatoms. The molecule has 0 amide bonds. The number of nitrogens with zero attached hydrogens (tertiary/aromatic N) is 2. The summed E-state index contributed by atoms with van der Waals surface area (Å²) in [5, 5.41) is 0.335. The van der Waals surface area contributed by atoms with Crippen molar-refractivity contribution in [3.63, 3.8) is 0 Å². The van der Waals surface area contributed by atoms with Crippen molar-refractivity contribution in [2.45, 2.75) is 42.9 Å². The van der Waals surface area contributed by atoms with E-state index in [0.717, 1.165) is 25.9 Å². The number of piperidine rings is 1. The molecule has 0 aromatic heterocycles. The zero-order valence-corrected chi connectivity index (χ0v) is 13.5. The minimum atomic E-state index is 0.0431. The fourth-order valence-electron chi connectivity index (χ4n) is 2.96. The van der Waals surface area contributed by atoms with Gasteiger partial charge in [0.1, 0.15) is 0 Å². The largest absolute Gasteiger partial charge is 0.286 e. The van der Waals surface area contributed by atoms with Crippen molar-refractivity contribution in [3.05, 3.63) is 0 Å². The van der Waals surface area contributed by atoms with Crippen molar-refractivity contribution in [2.24, 2.45) is 0 Å². The van der Waals surface area contributed by atoms with Gasteiger partial charge >= 0.3 is 0 Å². The standard InChI is InChI=1S/C13H24N2OS2/c1-5-12(2,17-4)15-8-6-7-13(10-15)14(3)9-11(16)18-13/h5-10H2,1-4H3. The van der Waals surface area contributed by atoms with Gasteiger partial charge < -0.3 is 0 Å². The predicted octanol–water partition coefficient (Wildman–Crippen LogP) is 2.47. The Morgan fingerprint density at radius 1 is 1.56 bits per heavy atom. The molecule has 2 rings (SSSR count). The van der Waals surface area contributed by atoms with E-state index >= 15 is 0 Å². The lowest BCUT2D eigenvalue weighted by Crippen LogP contribution is -2.58. The fourth-order valence-corrected chi connectivity index (χ4v) is 5.03. The van der Waals surface area contributed by atoms with Gasteiger partial charge in [-0.05, 0) is 46.0 Å². The average molecular weight is 288 g/mol. The first-order chi connectivity index (χ1) is 8.46. The Labute approximate surface area is 119 Å². The first-order valence-electron chi connectivity index (χ1n) is 6.69. The third-order valence-electron chi connectivity index (χ3n) is 4.56. The Bertz CT molecular complexity index is 333. The van der Waals surface area contributed by atoms with Crippen LogP contribution in [0.3, 0.4) is 0 Å². The third kappa shape index (κ3) is 2.47. The predicted molar refractivity (Wildman–Crippen MR) is 81.0 cm³/mol. The van der Waals surface area contributed by atoms with Crippen LogP contribution in [-0.4, -0.2) is 57.6 Å². The highest BCUT2D eigenvalue weighted by Gasteiger charge is 2.49. The van der Waals surface area contributed by atoms with Gasteiger partial charge in [-0.1, -0.05) is 18.7 Å². The maximum absolute atomic E-state index is 11.7. The zero-order valence-electron chi connectivity index (χ0n) is 11.9. The highest BCUT2D eigenvalue weighted by Crippen LogP contribution is 2.45. The topological polar surface area (TPSA) is 23.6 Å². The molecule has 2 aliphatic heterocycles. The lowest BCUT2D eigenvalue weighted by atomic mass is 10.0. The van der Waals surface area contributed by atoms with Gasteiger partial charge in [0.15, 0.2) is 0 Å². The second-order valence-corrected chi connectivity index (χ2v) is 8.24. The Morgan fingerprint density at radius 3 is 2.78 bits per heavy atom. The number of thioether (sulfide) groups is 2. The number of likely N-dealkylation sites (N-methyl/N-ethyl adjacent to an activating group) is 1. The lowest BCUT2D eigenvalue weighted by molar-refractivity contribution is -0.111. The van der Waals surface area contributed by atoms with Crippen molar-refractivity contribution < 1.29 is 4.79 Å². The summed E-state index contributed by atoms with van der Waals surface area (Å²) in [5.41, 5.74) is 0. The van der Waals surface area contributed by atoms with Gasteiger partial charge in [0.2, 0.25) is 5.12 Å². The number of rotatable bonds is 3. The molecule has 0 aliphatic carbocycles. The second kappa shape index (κ2) is 5.35. The smallest absolute Gasteiger partial charge is 0.204 e. The van der Waals surface area contributed by atoms with Crippen LogP contribution in [0.2, 0.25) is 0 Å². The highest BCUT2D eigenvalue weighted by molar-refractivity contribution is 8.15. The van der Waals surface area contributed by atoms with Crippen LogP contribution in [0, 0.1) is 0 Å². The van der Waals surface area contributed by atoms with E-state index in [0.29, 0.717) is 11.7 Å². The van der Waals surface area contributed by atoms with Crippen LogP contribution < -0.4 is 0 Å². The zero-order chi connectivity index (χ0) is 13.4. The molecule has 0 saturated carbocycles. The molecule has 2 fully saturated rings. The molecule has 1 spiro atoms. The van der Waals surface area contributed by atoms with Crippen LogP contribution in [0.25, 0.3) is 0 Å². The van der Waals surface area contributed by atoms with E-state index in [1.54, 1.807) is 11.8 Å². The number of carbonyl (C=O) groups excluding carboxylic acids is 1. The van der Waals surface area contributed by atoms with E-state index in [2.05, 4.69) is 37.0 Å². The summed E-state index contributed by atoms with van der Waals surface area (Å²) < 4.78 is 0. The number of hydrogen-bond acceptors (Lipinski definition) is 5. The molecule has 0 aromatic rings. The monoisotopic (exact) mass is 288 g/mol. The molecule has 18 heavy (non-hydrogen) atoms. The Hall–Kier alpha value is 0.290. The van der Waals surface area contributed by atoms with E-state index < -0.39 is 0 Å². The van der Waals surface area contributed by atoms with E-state index in [1.165, 1.54) is 6.42 Å². The number of likely N-dealkylation sites (tertiary alicyclic amines) is 1. The summed E-state index contributed by atoms with van der Waals surface area (Å²) in [6, 6.07) is 0. The van der Waals surface area contributed by atoms with Crippen LogP contribution in [0.15, 0.2) is 0 Å². The minimum Gasteiger partial charge on any atom is -0.286 e. The van der Waals surface area contributed by atoms with Crippen molar-refractivity contribution in [1.29, 1.82) is 0 Å². The van der Waals surface area contributed by atoms with Gasteiger partial charge in [-0.15, -0.1) is 11.8 Å². The molecule has 2 aliphatic rings. The summed E-state index contributed by atoms with van der Waals surface area (Å²) in [6.45, 7) is 7.38. The molecule has 0 aromatic carbocycles. The number of carbonyl (C=O) groups is 1. The first kappa shape index (κ1) is 14.7. The van der Waals surface area contributed by atoms with Gasteiger partial charge in [-0.25, -0.2) is 0 Å². The molecule has 0 N–H and O–H groups in total. The molecule has 104 valence electrons. The summed E-state index contributed by atoms with van der Waals surface area (Å²) in [7, 11) is 2.10. The number of hydrogen-bond donors (Lipinski definition) is 0. The van der Waals surface area contributed by atoms with Gasteiger partial charge in [-0.2, -0.15) is 0 Å². The summed E-state index contributed by atoms with van der Waals surface area (Å²) in [6.07, 6.45) is 5.68. The average Bonchev–Trinajstić information content (AvgIpc) is 2.63. The van der Waals surface area contributed by atoms with E-state index in [1.807, 2.05) is 11.8 Å². The summed E-state index contributed by atoms with van der Waals surface area (Å²) >= 11 is 3.51. The van der Waals surface area contributed by atoms with Crippen molar-refractivity contribution in [2.75, 3.05) is 32.9 Å². The molecule has 2 atom stereocenters. The van der Waals surface area contributed by atoms with E-state index in [4.69, 9.17) is 0 Å². The second-order valence-electron chi connectivity index (χ2n) is 5.53. The van der Waals surface area contributed by atoms with Crippen LogP contribution in [-0.2, 0) is 4.79 Å². The Morgan fingerprint density at radius 2 is 2.28 bits per heavy atom. The van der Waals surface area contributed by atoms with E-state index in [-0.39, 0.29) is 9.74 Å². The summed E-state index contributed by atoms with van der Waals surface area (Å²) in [5.74, 6) is 0. The molecule has 0 radical (unpaired) electrons. The van der Waals surface area contributed by atoms with Crippen molar-refractivity contribution in [1.82, 2.24) is 9.80 Å². The van der Waals surface area contributed by atoms with Crippen molar-refractivity contribution in [3.8, 4) is 0 Å². The van der Waals surface area contributed by atoms with Gasteiger partial charge in [0, 0.05) is 6.54 Å². The third-order valence-corrected chi connectivity index (χ3v) is 7.37. The SMILES string of the molecule is CCC(C)(SC)N1CCCC2(C1)SC(=O)CN2C. The molecule has 2 saturated heterocycles. The van der Waals surface area contributed by atoms with Gasteiger partial charge in [-0.3, -0.25) is 14.6 Å². The molecular weight excluding hydrogens is 264 g/mol. The first-order valence-corrected chi connectivity index (χ1v) is 8.73. The minimum absolute atomic E-state index is 0.0431. The normalized spacial score (nSPS) is 34.1. The molecule has 2 unspecified atom stereocenters. The Kier molecular flexibility index (Phi) is 4.37. The van der Waals surface area contributed by atoms with Crippen LogP contribution >= 0.6 is 23.5 Å². The van der Waals surface area contributed by atoms with Crippen LogP contribution in [0.5, 0.6) is 0 Å². The maximum atomic E-state index is 11.7. The van der Waals surface area contributed by atoms with Gasteiger partial charge in [0.05, 0.1) is 16.3 Å². The molecule has 0 bridgehead atoms. The van der Waals surface area contributed by atoms with Crippen molar-refractivity contribution >= 4 is 28.6 Å². The maximum Gasteiger partial charge on any atom is 0.204 e.